The van der Waals surface area contributed by atoms with E-state index < -0.39 is 5.97 Å². The van der Waals surface area contributed by atoms with Crippen molar-refractivity contribution >= 4 is 23.0 Å². The highest BCUT2D eigenvalue weighted by Crippen LogP contribution is 2.40. The molecule has 0 radical (unpaired) electrons. The van der Waals surface area contributed by atoms with Crippen LogP contribution in [-0.4, -0.2) is 52.0 Å². The van der Waals surface area contributed by atoms with Crippen LogP contribution < -0.4 is 9.64 Å². The summed E-state index contributed by atoms with van der Waals surface area (Å²) in [5.41, 5.74) is 2.94. The first kappa shape index (κ1) is 18.7. The molecule has 0 amide bonds. The van der Waals surface area contributed by atoms with Crippen molar-refractivity contribution < 1.29 is 19.7 Å². The van der Waals surface area contributed by atoms with Crippen molar-refractivity contribution in [3.63, 3.8) is 0 Å². The summed E-state index contributed by atoms with van der Waals surface area (Å²) in [5.74, 6) is 1.50. The van der Waals surface area contributed by atoms with Crippen LogP contribution in [-0.2, 0) is 17.8 Å². The Balaban J connectivity index is 1.50. The van der Waals surface area contributed by atoms with E-state index in [2.05, 4.69) is 15.5 Å². The fourth-order valence-corrected chi connectivity index (χ4v) is 4.88. The van der Waals surface area contributed by atoms with Gasteiger partial charge in [-0.15, -0.1) is 0 Å². The van der Waals surface area contributed by atoms with E-state index in [0.29, 0.717) is 24.9 Å². The van der Waals surface area contributed by atoms with Gasteiger partial charge in [0, 0.05) is 26.2 Å². The summed E-state index contributed by atoms with van der Waals surface area (Å²) in [6, 6.07) is 4.10. The maximum absolute atomic E-state index is 11.7. The van der Waals surface area contributed by atoms with E-state index in [1.807, 2.05) is 6.07 Å². The number of rotatable bonds is 6. The molecular formula is C22H29N3O4. The molecule has 2 aliphatic heterocycles. The van der Waals surface area contributed by atoms with Crippen molar-refractivity contribution in [2.24, 2.45) is 17.8 Å². The van der Waals surface area contributed by atoms with Gasteiger partial charge in [-0.25, -0.2) is 4.98 Å². The van der Waals surface area contributed by atoms with Crippen LogP contribution in [0.3, 0.4) is 0 Å². The largest absolute Gasteiger partial charge is 0.491 e. The fourth-order valence-electron chi connectivity index (χ4n) is 4.88. The van der Waals surface area contributed by atoms with E-state index in [9.17, 15) is 15.0 Å². The predicted octanol–water partition coefficient (Wildman–Crippen LogP) is 2.68. The lowest BCUT2D eigenvalue weighted by Crippen LogP contribution is -2.36. The second kappa shape index (κ2) is 7.52. The third-order valence-corrected chi connectivity index (χ3v) is 6.75. The number of carboxylic acid groups (broad SMARTS) is 1. The number of anilines is 1. The number of hydrogen-bond acceptors (Lipinski definition) is 5. The normalized spacial score (nSPS) is 21.1. The monoisotopic (exact) mass is 399 g/mol. The number of aliphatic hydroxyl groups excluding tert-OH is 1. The molecule has 2 aromatic rings. The van der Waals surface area contributed by atoms with E-state index in [1.54, 1.807) is 0 Å². The average molecular weight is 399 g/mol. The Morgan fingerprint density at radius 3 is 2.69 bits per heavy atom. The second-order valence-corrected chi connectivity index (χ2v) is 8.83. The number of ether oxygens (including phenoxy) is 1. The topological polar surface area (TPSA) is 87.8 Å². The van der Waals surface area contributed by atoms with Gasteiger partial charge in [0.1, 0.15) is 11.3 Å². The van der Waals surface area contributed by atoms with Crippen LogP contribution in [0.25, 0.3) is 11.0 Å². The zero-order chi connectivity index (χ0) is 20.0. The zero-order valence-corrected chi connectivity index (χ0v) is 16.7. The summed E-state index contributed by atoms with van der Waals surface area (Å²) >= 11 is 0. The summed E-state index contributed by atoms with van der Waals surface area (Å²) in [4.78, 5) is 19.0. The number of piperidine rings is 1. The van der Waals surface area contributed by atoms with Crippen molar-refractivity contribution in [2.75, 3.05) is 31.2 Å². The number of aliphatic hydroxyl groups is 1. The van der Waals surface area contributed by atoms with E-state index in [4.69, 9.17) is 9.72 Å². The van der Waals surface area contributed by atoms with Crippen LogP contribution in [0.15, 0.2) is 12.1 Å². The summed E-state index contributed by atoms with van der Waals surface area (Å²) in [6.45, 7) is 3.60. The Morgan fingerprint density at radius 1 is 1.21 bits per heavy atom. The van der Waals surface area contributed by atoms with Gasteiger partial charge < -0.3 is 24.4 Å². The number of carbonyl (C=O) groups is 1. The Bertz CT molecular complexity index is 912. The van der Waals surface area contributed by atoms with Crippen molar-refractivity contribution in [1.82, 2.24) is 9.55 Å². The van der Waals surface area contributed by atoms with Crippen LogP contribution in [0, 0.1) is 17.8 Å². The molecule has 3 aliphatic rings. The van der Waals surface area contributed by atoms with Crippen molar-refractivity contribution in [3.8, 4) is 5.75 Å². The number of imidazole rings is 1. The Labute approximate surface area is 170 Å². The van der Waals surface area contributed by atoms with E-state index in [1.165, 1.54) is 0 Å². The van der Waals surface area contributed by atoms with Gasteiger partial charge in [-0.2, -0.15) is 0 Å². The van der Waals surface area contributed by atoms with Gasteiger partial charge in [-0.3, -0.25) is 4.79 Å². The number of aromatic nitrogens is 2. The average Bonchev–Trinajstić information content (AvgIpc) is 3.52. The van der Waals surface area contributed by atoms with Gasteiger partial charge in [-0.05, 0) is 68.1 Å². The van der Waals surface area contributed by atoms with Crippen molar-refractivity contribution in [2.45, 2.75) is 45.1 Å². The van der Waals surface area contributed by atoms with Crippen LogP contribution in [0.1, 0.15) is 37.7 Å². The molecule has 0 bridgehead atoms. The number of aryl methyl sites for hydroxylation is 1. The molecule has 29 heavy (non-hydrogen) atoms. The molecule has 0 unspecified atom stereocenters. The van der Waals surface area contributed by atoms with Crippen molar-refractivity contribution in [1.29, 1.82) is 0 Å². The first-order valence-corrected chi connectivity index (χ1v) is 10.9. The molecule has 0 spiro atoms. The highest BCUT2D eigenvalue weighted by Gasteiger charge is 2.36. The molecule has 7 heteroatoms. The number of aliphatic carboxylic acids is 1. The number of nitrogens with zero attached hydrogens (tertiary/aromatic N) is 3. The van der Waals surface area contributed by atoms with Gasteiger partial charge in [0.15, 0.2) is 0 Å². The van der Waals surface area contributed by atoms with Gasteiger partial charge in [0.25, 0.3) is 0 Å². The van der Waals surface area contributed by atoms with E-state index >= 15 is 0 Å². The van der Waals surface area contributed by atoms with E-state index in [-0.39, 0.29) is 12.5 Å². The molecule has 1 aromatic carbocycles. The number of carboxylic acids is 1. The smallest absolute Gasteiger partial charge is 0.307 e. The van der Waals surface area contributed by atoms with Crippen LogP contribution >= 0.6 is 0 Å². The SMILES string of the molecule is O=C(O)[C@@H](Cc1cc2c3c(c1)nc(N1CCC(CO)CC1)n3CCCO2)C1CC1. The molecule has 5 rings (SSSR count). The van der Waals surface area contributed by atoms with Crippen LogP contribution in [0.2, 0.25) is 0 Å². The van der Waals surface area contributed by atoms with Crippen molar-refractivity contribution in [3.05, 3.63) is 17.7 Å². The Hall–Kier alpha value is -2.28. The lowest BCUT2D eigenvalue weighted by atomic mass is 9.94. The lowest BCUT2D eigenvalue weighted by molar-refractivity contribution is -0.142. The maximum Gasteiger partial charge on any atom is 0.307 e. The third kappa shape index (κ3) is 3.56. The molecule has 156 valence electrons. The summed E-state index contributed by atoms with van der Waals surface area (Å²) in [5, 5.41) is 19.1. The minimum atomic E-state index is -0.697. The Kier molecular flexibility index (Phi) is 4.86. The fraction of sp³-hybridized carbons (Fsp3) is 0.636. The molecule has 7 nitrogen and oxygen atoms in total. The van der Waals surface area contributed by atoms with Crippen LogP contribution in [0.4, 0.5) is 5.95 Å². The molecule has 2 fully saturated rings. The maximum atomic E-state index is 11.7. The number of hydrogen-bond donors (Lipinski definition) is 2. The quantitative estimate of drug-likeness (QED) is 0.777. The van der Waals surface area contributed by atoms with Gasteiger partial charge >= 0.3 is 5.97 Å². The summed E-state index contributed by atoms with van der Waals surface area (Å²) in [6.07, 6.45) is 5.47. The highest BCUT2D eigenvalue weighted by atomic mass is 16.5. The number of benzene rings is 1. The molecule has 1 atom stereocenters. The predicted molar refractivity (Wildman–Crippen MR) is 109 cm³/mol. The first-order chi connectivity index (χ1) is 14.1. The molecule has 1 saturated heterocycles. The lowest BCUT2D eigenvalue weighted by Gasteiger charge is -2.32. The van der Waals surface area contributed by atoms with Gasteiger partial charge in [0.05, 0.1) is 18.0 Å². The minimum Gasteiger partial charge on any atom is -0.491 e. The van der Waals surface area contributed by atoms with Gasteiger partial charge in [-0.1, -0.05) is 0 Å². The molecule has 2 N–H and O–H groups in total. The molecule has 3 heterocycles. The standard InChI is InChI=1S/C22H29N3O4/c26-13-14-4-7-24(8-5-14)22-23-18-11-15(10-17(21(27)28)16-2-3-16)12-19-20(18)25(22)6-1-9-29-19/h11-12,14,16-17,26H,1-10,13H2,(H,27,28)/t17-/m0/s1. The molecule has 1 aromatic heterocycles. The molecule has 1 aliphatic carbocycles. The first-order valence-electron chi connectivity index (χ1n) is 10.9. The Morgan fingerprint density at radius 2 is 2.00 bits per heavy atom. The van der Waals surface area contributed by atoms with Gasteiger partial charge in [0.2, 0.25) is 5.95 Å². The zero-order valence-electron chi connectivity index (χ0n) is 16.7. The minimum absolute atomic E-state index is 0.261. The van der Waals surface area contributed by atoms with Crippen LogP contribution in [0.5, 0.6) is 5.75 Å². The molecule has 1 saturated carbocycles. The van der Waals surface area contributed by atoms with E-state index in [0.717, 1.165) is 80.0 Å². The highest BCUT2D eigenvalue weighted by molar-refractivity contribution is 5.86. The third-order valence-electron chi connectivity index (χ3n) is 6.75. The summed E-state index contributed by atoms with van der Waals surface area (Å²) < 4.78 is 8.33. The summed E-state index contributed by atoms with van der Waals surface area (Å²) in [7, 11) is 0. The molecular weight excluding hydrogens is 370 g/mol. The second-order valence-electron chi connectivity index (χ2n) is 8.83.